The van der Waals surface area contributed by atoms with Crippen LogP contribution in [-0.2, 0) is 0 Å². The molecule has 0 aliphatic rings. The number of benzene rings is 9. The summed E-state index contributed by atoms with van der Waals surface area (Å²) in [6.45, 7) is 2.41. The molecule has 0 aliphatic heterocycles. The van der Waals surface area contributed by atoms with Crippen LogP contribution in [0.15, 0.2) is 243 Å². The fourth-order valence-electron chi connectivity index (χ4n) is 7.79. The molecule has 0 bridgehead atoms. The molecule has 9 aromatic rings. The zero-order valence-electron chi connectivity index (χ0n) is 32.6. The quantitative estimate of drug-likeness (QED) is 0.121. The third kappa shape index (κ3) is 7.90. The number of para-hydroxylation sites is 3. The highest BCUT2D eigenvalue weighted by atomic mass is 28.3. The van der Waals surface area contributed by atoms with Crippen molar-refractivity contribution in [3.63, 3.8) is 0 Å². The third-order valence-electron chi connectivity index (χ3n) is 11.0. The molecule has 1 atom stereocenters. The van der Waals surface area contributed by atoms with E-state index < -0.39 is 8.80 Å². The zero-order chi connectivity index (χ0) is 39.1. The van der Waals surface area contributed by atoms with Crippen LogP contribution >= 0.6 is 0 Å². The highest BCUT2D eigenvalue weighted by Crippen LogP contribution is 2.38. The highest BCUT2D eigenvalue weighted by Gasteiger charge is 2.15. The minimum Gasteiger partial charge on any atom is -0.311 e. The number of rotatable bonds is 11. The average molecular weight is 761 g/mol. The van der Waals surface area contributed by atoms with E-state index >= 15 is 0 Å². The summed E-state index contributed by atoms with van der Waals surface area (Å²) in [5.41, 5.74) is 14.0. The molecule has 9 aromatic carbocycles. The van der Waals surface area contributed by atoms with Crippen LogP contribution in [0.3, 0.4) is 0 Å². The summed E-state index contributed by atoms with van der Waals surface area (Å²) >= 11 is 0. The molecule has 2 nitrogen and oxygen atoms in total. The minimum absolute atomic E-state index is 1.11. The van der Waals surface area contributed by atoms with Gasteiger partial charge in [0.2, 0.25) is 0 Å². The van der Waals surface area contributed by atoms with Crippen molar-refractivity contribution in [3.8, 4) is 33.4 Å². The van der Waals surface area contributed by atoms with E-state index in [9.17, 15) is 0 Å². The minimum atomic E-state index is -1.19. The first kappa shape index (κ1) is 36.4. The summed E-state index contributed by atoms with van der Waals surface area (Å²) in [5.74, 6) is 0. The number of hydrogen-bond acceptors (Lipinski definition) is 2. The average Bonchev–Trinajstić information content (AvgIpc) is 3.31. The lowest BCUT2D eigenvalue weighted by Crippen LogP contribution is -2.38. The lowest BCUT2D eigenvalue weighted by Gasteiger charge is -2.26. The molecule has 0 amide bonds. The Kier molecular flexibility index (Phi) is 10.6. The van der Waals surface area contributed by atoms with Gasteiger partial charge in [0.15, 0.2) is 0 Å². The van der Waals surface area contributed by atoms with E-state index in [1.54, 1.807) is 0 Å². The maximum atomic E-state index is 2.41. The van der Waals surface area contributed by atoms with E-state index in [2.05, 4.69) is 259 Å². The monoisotopic (exact) mass is 760 g/mol. The van der Waals surface area contributed by atoms with Gasteiger partial charge in [0.25, 0.3) is 0 Å². The van der Waals surface area contributed by atoms with Gasteiger partial charge in [0.1, 0.15) is 0 Å². The summed E-state index contributed by atoms with van der Waals surface area (Å²) in [5, 5.41) is 2.93. The zero-order valence-corrected chi connectivity index (χ0v) is 33.7. The summed E-state index contributed by atoms with van der Waals surface area (Å²) < 4.78 is 0. The van der Waals surface area contributed by atoms with Crippen LogP contribution in [0.2, 0.25) is 6.55 Å². The molecule has 0 radical (unpaired) electrons. The second-order valence-electron chi connectivity index (χ2n) is 14.6. The molecular formula is C55H44N2Si. The van der Waals surface area contributed by atoms with Crippen molar-refractivity contribution in [1.82, 2.24) is 0 Å². The first-order valence-corrected chi connectivity index (χ1v) is 22.3. The van der Waals surface area contributed by atoms with Crippen molar-refractivity contribution < 1.29 is 0 Å². The largest absolute Gasteiger partial charge is 0.311 e. The van der Waals surface area contributed by atoms with E-state index in [0.717, 1.165) is 34.1 Å². The Morgan fingerprint density at radius 3 is 0.724 bits per heavy atom. The van der Waals surface area contributed by atoms with Crippen LogP contribution in [0.5, 0.6) is 0 Å². The van der Waals surface area contributed by atoms with Gasteiger partial charge in [-0.05, 0) is 106 Å². The molecule has 0 saturated heterocycles. The molecule has 1 unspecified atom stereocenters. The molecule has 278 valence electrons. The smallest absolute Gasteiger partial charge is 0.0997 e. The van der Waals surface area contributed by atoms with Crippen molar-refractivity contribution in [3.05, 3.63) is 243 Å². The van der Waals surface area contributed by atoms with Crippen molar-refractivity contribution >= 4 is 53.3 Å². The van der Waals surface area contributed by atoms with Gasteiger partial charge in [0, 0.05) is 34.1 Å². The normalized spacial score (nSPS) is 11.5. The second kappa shape index (κ2) is 16.9. The molecule has 3 heteroatoms. The van der Waals surface area contributed by atoms with Gasteiger partial charge in [-0.1, -0.05) is 187 Å². The van der Waals surface area contributed by atoms with E-state index in [1.165, 1.54) is 43.8 Å². The molecule has 0 heterocycles. The van der Waals surface area contributed by atoms with Crippen molar-refractivity contribution in [2.75, 3.05) is 9.80 Å². The topological polar surface area (TPSA) is 6.48 Å². The second-order valence-corrected chi connectivity index (χ2v) is 17.4. The number of hydrogen-bond donors (Lipinski definition) is 0. The Balaban J connectivity index is 0.924. The van der Waals surface area contributed by atoms with Crippen molar-refractivity contribution in [2.24, 2.45) is 0 Å². The summed E-state index contributed by atoms with van der Waals surface area (Å²) in [4.78, 5) is 4.62. The fraction of sp³-hybridized carbons (Fsp3) is 0.0182. The third-order valence-corrected chi connectivity index (χ3v) is 13.8. The molecular weight excluding hydrogens is 717 g/mol. The molecule has 0 aliphatic carbocycles. The predicted molar refractivity (Wildman–Crippen MR) is 251 cm³/mol. The number of anilines is 6. The van der Waals surface area contributed by atoms with E-state index in [1.807, 2.05) is 0 Å². The van der Waals surface area contributed by atoms with E-state index in [4.69, 9.17) is 0 Å². The maximum Gasteiger partial charge on any atom is 0.0997 e. The van der Waals surface area contributed by atoms with Gasteiger partial charge >= 0.3 is 0 Å². The maximum absolute atomic E-state index is 2.41. The summed E-state index contributed by atoms with van der Waals surface area (Å²) in [6, 6.07) is 87.4. The number of nitrogens with zero attached hydrogens (tertiary/aromatic N) is 2. The SMILES string of the molecule is C[SiH](c1ccccc1)c1ccc(-c2ccc(N(c3ccccc3)c3ccc(-c4ccc(-c5ccc(N(c6ccccc6)c6ccccc6)cc5)cc4)cc3)cc2)cc1. The van der Waals surface area contributed by atoms with Crippen molar-refractivity contribution in [2.45, 2.75) is 6.55 Å². The van der Waals surface area contributed by atoms with Gasteiger partial charge < -0.3 is 9.80 Å². The Labute approximate surface area is 344 Å². The van der Waals surface area contributed by atoms with Gasteiger partial charge in [0.05, 0.1) is 8.80 Å². The van der Waals surface area contributed by atoms with Gasteiger partial charge in [-0.2, -0.15) is 0 Å². The summed E-state index contributed by atoms with van der Waals surface area (Å²) in [7, 11) is -1.19. The molecule has 58 heavy (non-hydrogen) atoms. The van der Waals surface area contributed by atoms with Crippen LogP contribution in [-0.4, -0.2) is 8.80 Å². The Hall–Kier alpha value is -7.20. The van der Waals surface area contributed by atoms with Gasteiger partial charge in [-0.25, -0.2) is 0 Å². The van der Waals surface area contributed by atoms with Crippen LogP contribution in [0.1, 0.15) is 0 Å². The molecule has 0 N–H and O–H groups in total. The Morgan fingerprint density at radius 2 is 0.431 bits per heavy atom. The Morgan fingerprint density at radius 1 is 0.224 bits per heavy atom. The van der Waals surface area contributed by atoms with Crippen LogP contribution < -0.4 is 20.2 Å². The molecule has 0 saturated carbocycles. The molecule has 9 rings (SSSR count). The first-order valence-electron chi connectivity index (χ1n) is 20.0. The fourth-order valence-corrected chi connectivity index (χ4v) is 9.74. The van der Waals surface area contributed by atoms with Crippen LogP contribution in [0, 0.1) is 0 Å². The summed E-state index contributed by atoms with van der Waals surface area (Å²) in [6.07, 6.45) is 0. The van der Waals surface area contributed by atoms with Crippen LogP contribution in [0.4, 0.5) is 34.1 Å². The van der Waals surface area contributed by atoms with E-state index in [-0.39, 0.29) is 0 Å². The highest BCUT2D eigenvalue weighted by molar-refractivity contribution is 6.84. The van der Waals surface area contributed by atoms with E-state index in [0.29, 0.717) is 0 Å². The molecule has 0 spiro atoms. The van der Waals surface area contributed by atoms with Gasteiger partial charge in [-0.3, -0.25) is 0 Å². The lowest BCUT2D eigenvalue weighted by atomic mass is 9.99. The molecule has 0 aromatic heterocycles. The lowest BCUT2D eigenvalue weighted by molar-refractivity contribution is 1.28. The Bertz CT molecular complexity index is 2630. The standard InChI is InChI=1S/C55H44N2Si/c1-58(54-20-12-5-13-21-54)55-40-32-47(33-41-55)46-30-38-53(39-31-46)57(50-18-10-4-11-19-50)52-36-28-45(29-37-52)43-24-22-42(23-25-43)44-26-34-51(35-27-44)56(48-14-6-2-7-15-48)49-16-8-3-9-17-49/h2-41,58H,1H3. The first-order chi connectivity index (χ1) is 28.7. The van der Waals surface area contributed by atoms with Gasteiger partial charge in [-0.15, -0.1) is 0 Å². The molecule has 0 fully saturated rings. The van der Waals surface area contributed by atoms with Crippen molar-refractivity contribution in [1.29, 1.82) is 0 Å². The van der Waals surface area contributed by atoms with Crippen LogP contribution in [0.25, 0.3) is 33.4 Å². The predicted octanol–water partition coefficient (Wildman–Crippen LogP) is 13.6.